The Bertz CT molecular complexity index is 321. The predicted molar refractivity (Wildman–Crippen MR) is 72.1 cm³/mol. The van der Waals surface area contributed by atoms with Gasteiger partial charge in [-0.3, -0.25) is 4.79 Å². The highest BCUT2D eigenvalue weighted by Crippen LogP contribution is 2.07. The molecule has 0 spiro atoms. The van der Waals surface area contributed by atoms with Crippen molar-refractivity contribution in [1.29, 1.82) is 0 Å². The highest BCUT2D eigenvalue weighted by Gasteiger charge is 2.11. The van der Waals surface area contributed by atoms with E-state index in [0.29, 0.717) is 6.04 Å². The molecular formula is C15H23NO. The molecule has 0 radical (unpaired) electrons. The van der Waals surface area contributed by atoms with Gasteiger partial charge in [0.05, 0.1) is 0 Å². The number of rotatable bonds is 7. The molecule has 2 heteroatoms. The first kappa shape index (κ1) is 13.8. The Morgan fingerprint density at radius 1 is 1.18 bits per heavy atom. The number of nitrogens with one attached hydrogen (secondary N) is 1. The van der Waals surface area contributed by atoms with Gasteiger partial charge in [-0.1, -0.05) is 51.3 Å². The lowest BCUT2D eigenvalue weighted by molar-refractivity contribution is 0.0933. The van der Waals surface area contributed by atoms with Crippen molar-refractivity contribution in [2.24, 2.45) is 0 Å². The van der Waals surface area contributed by atoms with Crippen molar-refractivity contribution < 1.29 is 4.79 Å². The van der Waals surface area contributed by atoms with E-state index in [1.165, 1.54) is 19.3 Å². The third kappa shape index (κ3) is 5.03. The summed E-state index contributed by atoms with van der Waals surface area (Å²) in [6, 6.07) is 9.74. The monoisotopic (exact) mass is 233 g/mol. The van der Waals surface area contributed by atoms with E-state index in [4.69, 9.17) is 0 Å². The average Bonchev–Trinajstić information content (AvgIpc) is 2.38. The zero-order valence-electron chi connectivity index (χ0n) is 10.9. The number of hydrogen-bond donors (Lipinski definition) is 1. The topological polar surface area (TPSA) is 29.1 Å². The lowest BCUT2D eigenvalue weighted by Gasteiger charge is -2.16. The minimum absolute atomic E-state index is 0.0500. The first-order chi connectivity index (χ1) is 8.27. The Morgan fingerprint density at radius 2 is 1.88 bits per heavy atom. The second-order valence-electron chi connectivity index (χ2n) is 4.44. The second-order valence-corrected chi connectivity index (χ2v) is 4.44. The molecule has 1 aromatic carbocycles. The van der Waals surface area contributed by atoms with Crippen molar-refractivity contribution in [3.63, 3.8) is 0 Å². The fourth-order valence-corrected chi connectivity index (χ4v) is 1.88. The summed E-state index contributed by atoms with van der Waals surface area (Å²) in [5.74, 6) is 0.0500. The van der Waals surface area contributed by atoms with Crippen LogP contribution in [0.2, 0.25) is 0 Å². The minimum Gasteiger partial charge on any atom is -0.349 e. The molecule has 0 saturated heterocycles. The van der Waals surface area contributed by atoms with Crippen molar-refractivity contribution in [2.75, 3.05) is 0 Å². The third-order valence-corrected chi connectivity index (χ3v) is 3.02. The first-order valence-electron chi connectivity index (χ1n) is 6.63. The van der Waals surface area contributed by atoms with Gasteiger partial charge in [-0.2, -0.15) is 0 Å². The molecule has 0 heterocycles. The lowest BCUT2D eigenvalue weighted by Crippen LogP contribution is -2.34. The Labute approximate surface area is 104 Å². The maximum Gasteiger partial charge on any atom is 0.251 e. The van der Waals surface area contributed by atoms with Crippen LogP contribution in [0.25, 0.3) is 0 Å². The number of amides is 1. The second kappa shape index (κ2) is 7.88. The number of hydrogen-bond acceptors (Lipinski definition) is 1. The van der Waals surface area contributed by atoms with Crippen LogP contribution in [0, 0.1) is 0 Å². The van der Waals surface area contributed by atoms with Gasteiger partial charge in [-0.05, 0) is 25.0 Å². The van der Waals surface area contributed by atoms with E-state index in [-0.39, 0.29) is 5.91 Å². The summed E-state index contributed by atoms with van der Waals surface area (Å²) in [5.41, 5.74) is 0.751. The van der Waals surface area contributed by atoms with Crippen molar-refractivity contribution >= 4 is 5.91 Å². The molecular weight excluding hydrogens is 210 g/mol. The molecule has 1 atom stereocenters. The van der Waals surface area contributed by atoms with Gasteiger partial charge in [0.2, 0.25) is 0 Å². The number of unbranched alkanes of at least 4 members (excludes halogenated alkanes) is 2. The molecule has 1 amide bonds. The molecule has 0 bridgehead atoms. The van der Waals surface area contributed by atoms with Gasteiger partial charge >= 0.3 is 0 Å². The summed E-state index contributed by atoms with van der Waals surface area (Å²) >= 11 is 0. The number of carbonyl (C=O) groups is 1. The van der Waals surface area contributed by atoms with Crippen LogP contribution in [0.4, 0.5) is 0 Å². The molecule has 94 valence electrons. The molecule has 0 aliphatic rings. The zero-order valence-corrected chi connectivity index (χ0v) is 10.9. The van der Waals surface area contributed by atoms with Crippen LogP contribution >= 0.6 is 0 Å². The smallest absolute Gasteiger partial charge is 0.251 e. The summed E-state index contributed by atoms with van der Waals surface area (Å²) < 4.78 is 0. The lowest BCUT2D eigenvalue weighted by atomic mass is 10.1. The van der Waals surface area contributed by atoms with E-state index in [2.05, 4.69) is 19.2 Å². The highest BCUT2D eigenvalue weighted by molar-refractivity contribution is 5.94. The zero-order chi connectivity index (χ0) is 12.5. The Balaban J connectivity index is 2.42. The first-order valence-corrected chi connectivity index (χ1v) is 6.63. The fraction of sp³-hybridized carbons (Fsp3) is 0.533. The molecule has 2 nitrogen and oxygen atoms in total. The molecule has 1 aromatic rings. The average molecular weight is 233 g/mol. The van der Waals surface area contributed by atoms with Gasteiger partial charge in [0.1, 0.15) is 0 Å². The SMILES string of the molecule is CCCCCC(CC)NC(=O)c1ccccc1. The van der Waals surface area contributed by atoms with Crippen LogP contribution in [-0.4, -0.2) is 11.9 Å². The maximum absolute atomic E-state index is 11.9. The molecule has 0 fully saturated rings. The normalized spacial score (nSPS) is 12.1. The Morgan fingerprint density at radius 3 is 2.47 bits per heavy atom. The van der Waals surface area contributed by atoms with E-state index in [1.807, 2.05) is 30.3 Å². The fourth-order valence-electron chi connectivity index (χ4n) is 1.88. The molecule has 0 aliphatic heterocycles. The van der Waals surface area contributed by atoms with Gasteiger partial charge in [0.15, 0.2) is 0 Å². The van der Waals surface area contributed by atoms with E-state index in [0.717, 1.165) is 18.4 Å². The van der Waals surface area contributed by atoms with E-state index < -0.39 is 0 Å². The van der Waals surface area contributed by atoms with Crippen LogP contribution in [0.15, 0.2) is 30.3 Å². The highest BCUT2D eigenvalue weighted by atomic mass is 16.1. The molecule has 17 heavy (non-hydrogen) atoms. The van der Waals surface area contributed by atoms with Crippen molar-refractivity contribution in [2.45, 2.75) is 52.0 Å². The minimum atomic E-state index is 0.0500. The van der Waals surface area contributed by atoms with Crippen LogP contribution < -0.4 is 5.32 Å². The molecule has 0 saturated carbocycles. The van der Waals surface area contributed by atoms with E-state index in [9.17, 15) is 4.79 Å². The van der Waals surface area contributed by atoms with Gasteiger partial charge in [-0.15, -0.1) is 0 Å². The largest absolute Gasteiger partial charge is 0.349 e. The van der Waals surface area contributed by atoms with Crippen LogP contribution in [0.1, 0.15) is 56.3 Å². The summed E-state index contributed by atoms with van der Waals surface area (Å²) in [7, 11) is 0. The maximum atomic E-state index is 11.9. The third-order valence-electron chi connectivity index (χ3n) is 3.02. The van der Waals surface area contributed by atoms with Gasteiger partial charge in [-0.25, -0.2) is 0 Å². The number of carbonyl (C=O) groups excluding carboxylic acids is 1. The molecule has 0 aromatic heterocycles. The molecule has 0 aliphatic carbocycles. The molecule has 1 N–H and O–H groups in total. The summed E-state index contributed by atoms with van der Waals surface area (Å²) in [6.45, 7) is 4.32. The molecule has 1 rings (SSSR count). The summed E-state index contributed by atoms with van der Waals surface area (Å²) in [5, 5.41) is 3.10. The summed E-state index contributed by atoms with van der Waals surface area (Å²) in [6.07, 6.45) is 5.76. The van der Waals surface area contributed by atoms with E-state index >= 15 is 0 Å². The van der Waals surface area contributed by atoms with Crippen molar-refractivity contribution in [3.05, 3.63) is 35.9 Å². The van der Waals surface area contributed by atoms with Gasteiger partial charge in [0.25, 0.3) is 5.91 Å². The van der Waals surface area contributed by atoms with Crippen molar-refractivity contribution in [1.82, 2.24) is 5.32 Å². The van der Waals surface area contributed by atoms with Crippen LogP contribution in [0.3, 0.4) is 0 Å². The predicted octanol–water partition coefficient (Wildman–Crippen LogP) is 3.78. The van der Waals surface area contributed by atoms with E-state index in [1.54, 1.807) is 0 Å². The Hall–Kier alpha value is -1.31. The standard InChI is InChI=1S/C15H23NO/c1-3-5-7-12-14(4-2)16-15(17)13-10-8-6-9-11-13/h6,8-11,14H,3-5,7,12H2,1-2H3,(H,16,17). The summed E-state index contributed by atoms with van der Waals surface area (Å²) in [4.78, 5) is 11.9. The Kier molecular flexibility index (Phi) is 6.38. The van der Waals surface area contributed by atoms with Gasteiger partial charge in [0, 0.05) is 11.6 Å². The van der Waals surface area contributed by atoms with Crippen molar-refractivity contribution in [3.8, 4) is 0 Å². The number of benzene rings is 1. The van der Waals surface area contributed by atoms with Crippen LogP contribution in [-0.2, 0) is 0 Å². The quantitative estimate of drug-likeness (QED) is 0.713. The van der Waals surface area contributed by atoms with Crippen LogP contribution in [0.5, 0.6) is 0 Å². The molecule has 1 unspecified atom stereocenters. The van der Waals surface area contributed by atoms with Gasteiger partial charge < -0.3 is 5.32 Å².